The number of ether oxygens (including phenoxy) is 1. The van der Waals surface area contributed by atoms with Crippen LogP contribution in [0, 0.1) is 11.3 Å². The number of piperidine rings is 1. The summed E-state index contributed by atoms with van der Waals surface area (Å²) in [4.78, 5) is 20.9. The third kappa shape index (κ3) is 4.09. The highest BCUT2D eigenvalue weighted by atomic mass is 16.5. The SMILES string of the molecule is N#Cc1ccnc(N2CCC(Oc3ccc(C(=O)N4CCCC4)cc3)CC2)c1. The van der Waals surface area contributed by atoms with Crippen molar-refractivity contribution in [2.24, 2.45) is 0 Å². The topological polar surface area (TPSA) is 69.5 Å². The van der Waals surface area contributed by atoms with Crippen molar-refractivity contribution >= 4 is 11.7 Å². The monoisotopic (exact) mass is 376 g/mol. The van der Waals surface area contributed by atoms with Crippen molar-refractivity contribution in [3.63, 3.8) is 0 Å². The van der Waals surface area contributed by atoms with E-state index in [4.69, 9.17) is 10.00 Å². The van der Waals surface area contributed by atoms with Crippen molar-refractivity contribution in [3.05, 3.63) is 53.7 Å². The van der Waals surface area contributed by atoms with Gasteiger partial charge in [-0.1, -0.05) is 0 Å². The highest BCUT2D eigenvalue weighted by Crippen LogP contribution is 2.23. The lowest BCUT2D eigenvalue weighted by Gasteiger charge is -2.33. The molecule has 2 aliphatic rings. The average Bonchev–Trinajstić information content (AvgIpc) is 3.29. The van der Waals surface area contributed by atoms with Crippen LogP contribution in [0.4, 0.5) is 5.82 Å². The quantitative estimate of drug-likeness (QED) is 0.819. The molecule has 1 aromatic carbocycles. The van der Waals surface area contributed by atoms with E-state index >= 15 is 0 Å². The Morgan fingerprint density at radius 1 is 1.07 bits per heavy atom. The second-order valence-corrected chi connectivity index (χ2v) is 7.34. The van der Waals surface area contributed by atoms with Crippen LogP contribution in [0.5, 0.6) is 5.75 Å². The molecule has 0 N–H and O–H groups in total. The van der Waals surface area contributed by atoms with Gasteiger partial charge in [-0.2, -0.15) is 5.26 Å². The maximum atomic E-state index is 12.4. The Kier molecular flexibility index (Phi) is 5.43. The summed E-state index contributed by atoms with van der Waals surface area (Å²) in [6.07, 6.45) is 5.82. The van der Waals surface area contributed by atoms with E-state index in [2.05, 4.69) is 16.0 Å². The summed E-state index contributed by atoms with van der Waals surface area (Å²) < 4.78 is 6.12. The van der Waals surface area contributed by atoms with E-state index in [0.717, 1.165) is 69.0 Å². The number of carbonyl (C=O) groups is 1. The second kappa shape index (κ2) is 8.30. The third-order valence-corrected chi connectivity index (χ3v) is 5.44. The van der Waals surface area contributed by atoms with E-state index in [9.17, 15) is 4.79 Å². The highest BCUT2D eigenvalue weighted by Gasteiger charge is 2.22. The smallest absolute Gasteiger partial charge is 0.253 e. The van der Waals surface area contributed by atoms with Crippen molar-refractivity contribution in [1.29, 1.82) is 5.26 Å². The first kappa shape index (κ1) is 18.3. The van der Waals surface area contributed by atoms with Crippen LogP contribution in [-0.2, 0) is 0 Å². The van der Waals surface area contributed by atoms with Gasteiger partial charge in [0.2, 0.25) is 0 Å². The van der Waals surface area contributed by atoms with Gasteiger partial charge in [-0.15, -0.1) is 0 Å². The molecule has 2 saturated heterocycles. The molecule has 0 unspecified atom stereocenters. The Bertz CT molecular complexity index is 861. The van der Waals surface area contributed by atoms with Gasteiger partial charge in [-0.05, 0) is 49.2 Å². The predicted octanol–water partition coefficient (Wildman–Crippen LogP) is 3.24. The second-order valence-electron chi connectivity index (χ2n) is 7.34. The largest absolute Gasteiger partial charge is 0.490 e. The molecule has 6 heteroatoms. The molecule has 1 amide bonds. The predicted molar refractivity (Wildman–Crippen MR) is 106 cm³/mol. The standard InChI is InChI=1S/C22H24N4O2/c23-16-17-7-10-24-21(15-17)25-13-8-20(9-14-25)28-19-5-3-18(4-6-19)22(27)26-11-1-2-12-26/h3-7,10,15,20H,1-2,8-9,11-14H2. The molecule has 2 aromatic rings. The Hall–Kier alpha value is -3.07. The molecule has 2 fully saturated rings. The molecule has 0 atom stereocenters. The number of hydrogen-bond donors (Lipinski definition) is 0. The van der Waals surface area contributed by atoms with E-state index in [1.165, 1.54) is 0 Å². The number of hydrogen-bond acceptors (Lipinski definition) is 5. The van der Waals surface area contributed by atoms with Gasteiger partial charge in [-0.3, -0.25) is 4.79 Å². The number of aromatic nitrogens is 1. The fraction of sp³-hybridized carbons (Fsp3) is 0.409. The van der Waals surface area contributed by atoms with Crippen LogP contribution in [0.3, 0.4) is 0 Å². The molecule has 0 radical (unpaired) electrons. The maximum Gasteiger partial charge on any atom is 0.253 e. The normalized spacial score (nSPS) is 17.4. The number of benzene rings is 1. The summed E-state index contributed by atoms with van der Waals surface area (Å²) in [7, 11) is 0. The number of carbonyl (C=O) groups excluding carboxylic acids is 1. The fourth-order valence-corrected chi connectivity index (χ4v) is 3.83. The summed E-state index contributed by atoms with van der Waals surface area (Å²) >= 11 is 0. The van der Waals surface area contributed by atoms with Crippen molar-refractivity contribution in [2.75, 3.05) is 31.1 Å². The zero-order chi connectivity index (χ0) is 19.3. The van der Waals surface area contributed by atoms with Gasteiger partial charge in [0.05, 0.1) is 11.6 Å². The van der Waals surface area contributed by atoms with E-state index in [0.29, 0.717) is 5.56 Å². The molecule has 144 valence electrons. The Morgan fingerprint density at radius 2 is 1.79 bits per heavy atom. The van der Waals surface area contributed by atoms with Crippen LogP contribution >= 0.6 is 0 Å². The van der Waals surface area contributed by atoms with E-state index in [-0.39, 0.29) is 12.0 Å². The lowest BCUT2D eigenvalue weighted by molar-refractivity contribution is 0.0792. The van der Waals surface area contributed by atoms with Gasteiger partial charge in [0.25, 0.3) is 5.91 Å². The van der Waals surface area contributed by atoms with Gasteiger partial charge < -0.3 is 14.5 Å². The molecule has 4 rings (SSSR count). The number of likely N-dealkylation sites (tertiary alicyclic amines) is 1. The molecular formula is C22H24N4O2. The molecule has 3 heterocycles. The van der Waals surface area contributed by atoms with Crippen LogP contribution in [0.15, 0.2) is 42.6 Å². The summed E-state index contributed by atoms with van der Waals surface area (Å²) in [5.41, 5.74) is 1.36. The van der Waals surface area contributed by atoms with Gasteiger partial charge in [-0.25, -0.2) is 4.98 Å². The summed E-state index contributed by atoms with van der Waals surface area (Å²) in [5.74, 6) is 1.77. The summed E-state index contributed by atoms with van der Waals surface area (Å²) in [6.45, 7) is 3.42. The highest BCUT2D eigenvalue weighted by molar-refractivity contribution is 5.94. The first-order valence-electron chi connectivity index (χ1n) is 9.90. The van der Waals surface area contributed by atoms with Gasteiger partial charge in [0, 0.05) is 50.8 Å². The maximum absolute atomic E-state index is 12.4. The molecule has 0 bridgehead atoms. The number of anilines is 1. The molecule has 1 aromatic heterocycles. The van der Waals surface area contributed by atoms with Crippen LogP contribution in [0.2, 0.25) is 0 Å². The molecule has 0 spiro atoms. The number of nitriles is 1. The number of nitrogens with zero attached hydrogens (tertiary/aromatic N) is 4. The van der Waals surface area contributed by atoms with E-state index in [1.54, 1.807) is 12.3 Å². The Labute approximate surface area is 165 Å². The first-order chi connectivity index (χ1) is 13.7. The Balaban J connectivity index is 1.31. The zero-order valence-corrected chi connectivity index (χ0v) is 15.9. The summed E-state index contributed by atoms with van der Waals surface area (Å²) in [5, 5.41) is 9.04. The van der Waals surface area contributed by atoms with Crippen LogP contribution in [0.25, 0.3) is 0 Å². The molecule has 0 aliphatic carbocycles. The molecule has 28 heavy (non-hydrogen) atoms. The van der Waals surface area contributed by atoms with Crippen molar-refractivity contribution in [2.45, 2.75) is 31.8 Å². The van der Waals surface area contributed by atoms with Crippen molar-refractivity contribution in [1.82, 2.24) is 9.88 Å². The molecule has 0 saturated carbocycles. The van der Waals surface area contributed by atoms with E-state index in [1.807, 2.05) is 35.2 Å². The molecule has 2 aliphatic heterocycles. The number of amides is 1. The average molecular weight is 376 g/mol. The lowest BCUT2D eigenvalue weighted by Crippen LogP contribution is -2.38. The minimum absolute atomic E-state index is 0.115. The summed E-state index contributed by atoms with van der Waals surface area (Å²) in [6, 6.07) is 13.2. The van der Waals surface area contributed by atoms with Crippen molar-refractivity contribution < 1.29 is 9.53 Å². The van der Waals surface area contributed by atoms with Crippen molar-refractivity contribution in [3.8, 4) is 11.8 Å². The number of rotatable bonds is 4. The van der Waals surface area contributed by atoms with Crippen LogP contribution in [0.1, 0.15) is 41.6 Å². The minimum atomic E-state index is 0.115. The third-order valence-electron chi connectivity index (χ3n) is 5.44. The van der Waals surface area contributed by atoms with E-state index < -0.39 is 0 Å². The van der Waals surface area contributed by atoms with Gasteiger partial charge in [0.15, 0.2) is 0 Å². The first-order valence-corrected chi connectivity index (χ1v) is 9.90. The van der Waals surface area contributed by atoms with Gasteiger partial charge >= 0.3 is 0 Å². The number of pyridine rings is 1. The van der Waals surface area contributed by atoms with Crippen LogP contribution in [-0.4, -0.2) is 48.1 Å². The van der Waals surface area contributed by atoms with Gasteiger partial charge in [0.1, 0.15) is 17.7 Å². The van der Waals surface area contributed by atoms with Crippen LogP contribution < -0.4 is 9.64 Å². The Morgan fingerprint density at radius 3 is 2.46 bits per heavy atom. The minimum Gasteiger partial charge on any atom is -0.490 e. The fourth-order valence-electron chi connectivity index (χ4n) is 3.83. The lowest BCUT2D eigenvalue weighted by atomic mass is 10.1. The zero-order valence-electron chi connectivity index (χ0n) is 15.9. The molecule has 6 nitrogen and oxygen atoms in total. The molecular weight excluding hydrogens is 352 g/mol.